The minimum Gasteiger partial charge on any atom is -0.505 e. The number of rotatable bonds is 5. The molecule has 3 heterocycles. The number of aromatic nitrogens is 2. The van der Waals surface area contributed by atoms with Gasteiger partial charge in [0.05, 0.1) is 17.3 Å². The van der Waals surface area contributed by atoms with E-state index in [2.05, 4.69) is 4.98 Å². The third kappa shape index (κ3) is 3.79. The van der Waals surface area contributed by atoms with Crippen molar-refractivity contribution >= 4 is 23.1 Å². The van der Waals surface area contributed by atoms with E-state index in [0.717, 1.165) is 11.1 Å². The van der Waals surface area contributed by atoms with E-state index in [-0.39, 0.29) is 23.4 Å². The van der Waals surface area contributed by atoms with Crippen molar-refractivity contribution in [2.45, 2.75) is 26.3 Å². The van der Waals surface area contributed by atoms with Gasteiger partial charge in [-0.3, -0.25) is 9.59 Å². The molecule has 7 heteroatoms. The lowest BCUT2D eigenvalue weighted by molar-refractivity contribution is -0.139. The first-order chi connectivity index (χ1) is 16.9. The maximum Gasteiger partial charge on any atom is 0.295 e. The number of amides is 1. The number of carbonyl (C=O) groups excluding carboxylic acids is 2. The summed E-state index contributed by atoms with van der Waals surface area (Å²) in [5.41, 5.74) is 3.31. The van der Waals surface area contributed by atoms with Crippen molar-refractivity contribution in [2.75, 3.05) is 6.54 Å². The highest BCUT2D eigenvalue weighted by molar-refractivity contribution is 6.46. The molecule has 0 radical (unpaired) electrons. The Morgan fingerprint density at radius 2 is 1.71 bits per heavy atom. The Kier molecular flexibility index (Phi) is 5.68. The van der Waals surface area contributed by atoms with Crippen LogP contribution >= 0.6 is 0 Å². The van der Waals surface area contributed by atoms with Crippen LogP contribution in [0, 0.1) is 19.7 Å². The molecule has 0 aliphatic carbocycles. The van der Waals surface area contributed by atoms with Crippen LogP contribution in [-0.4, -0.2) is 37.6 Å². The summed E-state index contributed by atoms with van der Waals surface area (Å²) in [7, 11) is 0. The van der Waals surface area contributed by atoms with Crippen LogP contribution in [0.3, 0.4) is 0 Å². The molecule has 1 amide bonds. The Hall–Kier alpha value is -4.26. The zero-order valence-electron chi connectivity index (χ0n) is 19.4. The number of ketones is 1. The van der Waals surface area contributed by atoms with Gasteiger partial charge in [-0.25, -0.2) is 9.37 Å². The fraction of sp³-hybridized carbons (Fsp3) is 0.179. The number of halogens is 1. The third-order valence-corrected chi connectivity index (χ3v) is 6.53. The quantitative estimate of drug-likeness (QED) is 0.260. The highest BCUT2D eigenvalue weighted by Gasteiger charge is 2.47. The number of Topliss-reactive ketones (excluding diaryl/α,β-unsaturated/α-hetero) is 1. The maximum atomic E-state index is 15.0. The van der Waals surface area contributed by atoms with Gasteiger partial charge >= 0.3 is 0 Å². The van der Waals surface area contributed by atoms with Crippen molar-refractivity contribution in [2.24, 2.45) is 0 Å². The second-order valence-electron chi connectivity index (χ2n) is 8.68. The Balaban J connectivity index is 1.66. The Bertz CT molecular complexity index is 1490. The molecule has 176 valence electrons. The van der Waals surface area contributed by atoms with Gasteiger partial charge in [0, 0.05) is 18.3 Å². The lowest BCUT2D eigenvalue weighted by atomic mass is 9.95. The standard InChI is InChI=1S/C28H24FN3O3/c1-17-9-8-15-31-18(2)23(30-27(17)31)25(33)22-24(20-12-6-7-13-21(20)29)32(28(35)26(22)34)16-14-19-10-4-3-5-11-19/h3-13,15,24,33H,14,16H2,1-2H3. The third-order valence-electron chi connectivity index (χ3n) is 6.53. The van der Waals surface area contributed by atoms with E-state index in [0.29, 0.717) is 17.8 Å². The first-order valence-electron chi connectivity index (χ1n) is 11.4. The Morgan fingerprint density at radius 3 is 2.43 bits per heavy atom. The van der Waals surface area contributed by atoms with Gasteiger partial charge in [-0.15, -0.1) is 0 Å². The molecule has 1 aliphatic rings. The van der Waals surface area contributed by atoms with Crippen molar-refractivity contribution in [3.05, 3.63) is 112 Å². The van der Waals surface area contributed by atoms with Crippen molar-refractivity contribution in [3.63, 3.8) is 0 Å². The van der Waals surface area contributed by atoms with Gasteiger partial charge in [0.15, 0.2) is 5.76 Å². The molecule has 5 rings (SSSR count). The van der Waals surface area contributed by atoms with Crippen LogP contribution in [0.4, 0.5) is 4.39 Å². The fourth-order valence-electron chi connectivity index (χ4n) is 4.70. The minimum atomic E-state index is -1.06. The molecule has 0 saturated carbocycles. The lowest BCUT2D eigenvalue weighted by Gasteiger charge is -2.25. The zero-order valence-corrected chi connectivity index (χ0v) is 19.4. The van der Waals surface area contributed by atoms with E-state index in [4.69, 9.17) is 0 Å². The molecule has 1 fully saturated rings. The predicted octanol–water partition coefficient (Wildman–Crippen LogP) is 4.75. The summed E-state index contributed by atoms with van der Waals surface area (Å²) in [6, 6.07) is 18.3. The first-order valence-corrected chi connectivity index (χ1v) is 11.4. The topological polar surface area (TPSA) is 74.9 Å². The smallest absolute Gasteiger partial charge is 0.295 e. The summed E-state index contributed by atoms with van der Waals surface area (Å²) in [5.74, 6) is -2.58. The van der Waals surface area contributed by atoms with Crippen LogP contribution in [0.25, 0.3) is 11.4 Å². The van der Waals surface area contributed by atoms with Crippen LogP contribution in [0.1, 0.15) is 34.1 Å². The molecule has 1 N–H and O–H groups in total. The molecule has 35 heavy (non-hydrogen) atoms. The van der Waals surface area contributed by atoms with Crippen molar-refractivity contribution in [3.8, 4) is 0 Å². The van der Waals surface area contributed by atoms with Gasteiger partial charge in [-0.2, -0.15) is 0 Å². The number of carbonyl (C=O) groups is 2. The van der Waals surface area contributed by atoms with Gasteiger partial charge in [0.1, 0.15) is 17.2 Å². The Labute approximate surface area is 202 Å². The van der Waals surface area contributed by atoms with E-state index in [1.165, 1.54) is 17.0 Å². The minimum absolute atomic E-state index is 0.152. The molecule has 1 aliphatic heterocycles. The monoisotopic (exact) mass is 469 g/mol. The molecule has 1 atom stereocenters. The van der Waals surface area contributed by atoms with E-state index < -0.39 is 29.3 Å². The normalized spacial score (nSPS) is 17.5. The SMILES string of the molecule is Cc1cccn2c(C)c(C(O)=C3C(=O)C(=O)N(CCc4ccccc4)C3c3ccccc3F)nc12. The number of aryl methyl sites for hydroxylation is 2. The first kappa shape index (κ1) is 22.5. The second kappa shape index (κ2) is 8.83. The molecular formula is C28H24FN3O3. The van der Waals surface area contributed by atoms with E-state index in [1.54, 1.807) is 19.1 Å². The number of imidazole rings is 1. The summed E-state index contributed by atoms with van der Waals surface area (Å²) < 4.78 is 16.8. The molecule has 0 spiro atoms. The number of benzene rings is 2. The summed E-state index contributed by atoms with van der Waals surface area (Å²) in [4.78, 5) is 32.3. The van der Waals surface area contributed by atoms with E-state index in [9.17, 15) is 19.1 Å². The van der Waals surface area contributed by atoms with Crippen molar-refractivity contribution in [1.82, 2.24) is 14.3 Å². The van der Waals surface area contributed by atoms with Crippen LogP contribution in [0.2, 0.25) is 0 Å². The zero-order chi connectivity index (χ0) is 24.7. The van der Waals surface area contributed by atoms with Gasteiger partial charge in [0.2, 0.25) is 0 Å². The maximum absolute atomic E-state index is 15.0. The molecular weight excluding hydrogens is 445 g/mol. The fourth-order valence-corrected chi connectivity index (χ4v) is 4.70. The molecule has 1 unspecified atom stereocenters. The van der Waals surface area contributed by atoms with Crippen molar-refractivity contribution in [1.29, 1.82) is 0 Å². The van der Waals surface area contributed by atoms with Crippen molar-refractivity contribution < 1.29 is 19.1 Å². The molecule has 2 aromatic heterocycles. The molecule has 2 aromatic carbocycles. The van der Waals surface area contributed by atoms with Gasteiger partial charge in [-0.05, 0) is 43.5 Å². The number of hydrogen-bond donors (Lipinski definition) is 1. The number of nitrogens with zero attached hydrogens (tertiary/aromatic N) is 3. The van der Waals surface area contributed by atoms with Gasteiger partial charge in [0.25, 0.3) is 11.7 Å². The lowest BCUT2D eigenvalue weighted by Crippen LogP contribution is -2.32. The van der Waals surface area contributed by atoms with Gasteiger partial charge in [-0.1, -0.05) is 54.6 Å². The summed E-state index contributed by atoms with van der Waals surface area (Å²) in [6.45, 7) is 3.86. The molecule has 0 bridgehead atoms. The summed E-state index contributed by atoms with van der Waals surface area (Å²) in [5, 5.41) is 11.4. The van der Waals surface area contributed by atoms with Crippen LogP contribution in [-0.2, 0) is 16.0 Å². The summed E-state index contributed by atoms with van der Waals surface area (Å²) >= 11 is 0. The van der Waals surface area contributed by atoms with E-state index >= 15 is 0 Å². The predicted molar refractivity (Wildman–Crippen MR) is 130 cm³/mol. The summed E-state index contributed by atoms with van der Waals surface area (Å²) in [6.07, 6.45) is 2.29. The number of pyridine rings is 1. The largest absolute Gasteiger partial charge is 0.505 e. The molecule has 4 aromatic rings. The molecule has 6 nitrogen and oxygen atoms in total. The number of fused-ring (bicyclic) bond motifs is 1. The highest BCUT2D eigenvalue weighted by atomic mass is 19.1. The van der Waals surface area contributed by atoms with Crippen LogP contribution in [0.15, 0.2) is 78.5 Å². The second-order valence-corrected chi connectivity index (χ2v) is 8.68. The van der Waals surface area contributed by atoms with Crippen LogP contribution < -0.4 is 0 Å². The number of likely N-dealkylation sites (tertiary alicyclic amines) is 1. The Morgan fingerprint density at radius 1 is 1.00 bits per heavy atom. The van der Waals surface area contributed by atoms with E-state index in [1.807, 2.05) is 60.0 Å². The molecule has 1 saturated heterocycles. The highest BCUT2D eigenvalue weighted by Crippen LogP contribution is 2.40. The number of aliphatic hydroxyl groups excluding tert-OH is 1. The average Bonchev–Trinajstić information content (AvgIpc) is 3.33. The van der Waals surface area contributed by atoms with Crippen LogP contribution in [0.5, 0.6) is 0 Å². The van der Waals surface area contributed by atoms with Gasteiger partial charge < -0.3 is 14.4 Å². The number of aliphatic hydroxyl groups is 1. The average molecular weight is 470 g/mol. The number of hydrogen-bond acceptors (Lipinski definition) is 4.